The summed E-state index contributed by atoms with van der Waals surface area (Å²) < 4.78 is 7.82. The summed E-state index contributed by atoms with van der Waals surface area (Å²) in [6.07, 6.45) is 3.25. The third-order valence-corrected chi connectivity index (χ3v) is 5.64. The average Bonchev–Trinajstić information content (AvgIpc) is 3.33. The summed E-state index contributed by atoms with van der Waals surface area (Å²) in [4.78, 5) is 18.3. The molecular formula is C21H23N5O2S. The van der Waals surface area contributed by atoms with Gasteiger partial charge < -0.3 is 9.64 Å². The molecule has 0 spiro atoms. The second-order valence-electron chi connectivity index (χ2n) is 6.80. The minimum Gasteiger partial charge on any atom is -0.492 e. The fourth-order valence-electron chi connectivity index (χ4n) is 3.26. The summed E-state index contributed by atoms with van der Waals surface area (Å²) in [5.74, 6) is 3.26. The highest BCUT2D eigenvalue weighted by molar-refractivity contribution is 7.99. The Morgan fingerprint density at radius 1 is 1.14 bits per heavy atom. The number of hydrogen-bond donors (Lipinski definition) is 0. The van der Waals surface area contributed by atoms with Crippen LogP contribution in [0.4, 0.5) is 0 Å². The number of hydrogen-bond acceptors (Lipinski definition) is 6. The van der Waals surface area contributed by atoms with Gasteiger partial charge in [0.15, 0.2) is 11.0 Å². The Morgan fingerprint density at radius 3 is 2.76 bits per heavy atom. The van der Waals surface area contributed by atoms with Crippen molar-refractivity contribution in [2.45, 2.75) is 31.5 Å². The normalized spacial score (nSPS) is 13.8. The van der Waals surface area contributed by atoms with Gasteiger partial charge in [0.25, 0.3) is 0 Å². The number of likely N-dealkylation sites (tertiary alicyclic amines) is 1. The molecule has 150 valence electrons. The maximum absolute atomic E-state index is 12.0. The van der Waals surface area contributed by atoms with Crippen LogP contribution in [-0.4, -0.2) is 49.5 Å². The van der Waals surface area contributed by atoms with Crippen molar-refractivity contribution in [2.24, 2.45) is 0 Å². The second kappa shape index (κ2) is 9.09. The van der Waals surface area contributed by atoms with Gasteiger partial charge in [0.1, 0.15) is 11.6 Å². The highest BCUT2D eigenvalue weighted by Gasteiger charge is 2.24. The number of pyridine rings is 1. The van der Waals surface area contributed by atoms with Crippen molar-refractivity contribution in [1.82, 2.24) is 24.6 Å². The number of carbonyl (C=O) groups is 1. The number of amides is 1. The molecule has 7 nitrogen and oxygen atoms in total. The van der Waals surface area contributed by atoms with Gasteiger partial charge in [0.2, 0.25) is 5.91 Å². The molecule has 3 heterocycles. The van der Waals surface area contributed by atoms with Crippen molar-refractivity contribution in [3.63, 3.8) is 0 Å². The van der Waals surface area contributed by atoms with Crippen LogP contribution in [0.3, 0.4) is 0 Å². The lowest BCUT2D eigenvalue weighted by Gasteiger charge is -2.16. The Labute approximate surface area is 174 Å². The number of ether oxygens (including phenoxy) is 1. The first kappa shape index (κ1) is 19.4. The lowest BCUT2D eigenvalue weighted by molar-refractivity contribution is -0.128. The molecule has 2 aromatic heterocycles. The molecule has 1 fully saturated rings. The molecule has 0 aliphatic carbocycles. The number of para-hydroxylation sites is 1. The predicted molar refractivity (Wildman–Crippen MR) is 111 cm³/mol. The number of carbonyl (C=O) groups excluding carboxylic acids is 1. The highest BCUT2D eigenvalue weighted by atomic mass is 32.2. The topological polar surface area (TPSA) is 73.1 Å². The molecule has 8 heteroatoms. The van der Waals surface area contributed by atoms with E-state index < -0.39 is 0 Å². The van der Waals surface area contributed by atoms with Gasteiger partial charge in [-0.1, -0.05) is 36.0 Å². The minimum absolute atomic E-state index is 0.168. The first-order valence-corrected chi connectivity index (χ1v) is 10.7. The van der Waals surface area contributed by atoms with Gasteiger partial charge in [-0.3, -0.25) is 9.36 Å². The Kier molecular flexibility index (Phi) is 6.09. The zero-order valence-electron chi connectivity index (χ0n) is 16.3. The molecule has 1 aliphatic rings. The van der Waals surface area contributed by atoms with Gasteiger partial charge in [-0.05, 0) is 37.1 Å². The molecule has 0 N–H and O–H groups in total. The fraction of sp³-hybridized carbons (Fsp3) is 0.333. The van der Waals surface area contributed by atoms with Gasteiger partial charge in [-0.25, -0.2) is 4.98 Å². The van der Waals surface area contributed by atoms with E-state index in [1.165, 1.54) is 0 Å². The first-order valence-electron chi connectivity index (χ1n) is 9.67. The smallest absolute Gasteiger partial charge is 0.223 e. The third kappa shape index (κ3) is 4.59. The SMILES string of the molecule is Cc1ccccc1OCCSc1nnc(CN2CCCC2=O)n1-c1ccccn1. The number of nitrogens with zero attached hydrogens (tertiary/aromatic N) is 5. The highest BCUT2D eigenvalue weighted by Crippen LogP contribution is 2.23. The monoisotopic (exact) mass is 409 g/mol. The van der Waals surface area contributed by atoms with Crippen LogP contribution in [0.1, 0.15) is 24.2 Å². The quantitative estimate of drug-likeness (QED) is 0.420. The van der Waals surface area contributed by atoms with E-state index in [0.717, 1.165) is 46.8 Å². The molecule has 1 aliphatic heterocycles. The maximum atomic E-state index is 12.0. The summed E-state index contributed by atoms with van der Waals surface area (Å²) >= 11 is 1.57. The molecule has 1 aromatic carbocycles. The molecule has 0 bridgehead atoms. The Balaban J connectivity index is 1.47. The summed E-state index contributed by atoms with van der Waals surface area (Å²) in [6, 6.07) is 13.7. The maximum Gasteiger partial charge on any atom is 0.223 e. The van der Waals surface area contributed by atoms with Crippen LogP contribution in [0.5, 0.6) is 5.75 Å². The van der Waals surface area contributed by atoms with Crippen LogP contribution in [0.15, 0.2) is 53.8 Å². The summed E-state index contributed by atoms with van der Waals surface area (Å²) in [5, 5.41) is 9.47. The van der Waals surface area contributed by atoms with Gasteiger partial charge in [-0.2, -0.15) is 0 Å². The lowest BCUT2D eigenvalue weighted by atomic mass is 10.2. The molecule has 0 radical (unpaired) electrons. The number of aromatic nitrogens is 4. The number of thioether (sulfide) groups is 1. The van der Waals surface area contributed by atoms with Crippen molar-refractivity contribution in [3.8, 4) is 11.6 Å². The number of rotatable bonds is 8. The summed E-state index contributed by atoms with van der Waals surface area (Å²) in [6.45, 7) is 3.81. The van der Waals surface area contributed by atoms with Crippen molar-refractivity contribution in [3.05, 3.63) is 60.0 Å². The van der Waals surface area contributed by atoms with E-state index in [1.54, 1.807) is 18.0 Å². The van der Waals surface area contributed by atoms with Crippen molar-refractivity contribution in [2.75, 3.05) is 18.9 Å². The molecule has 3 aromatic rings. The zero-order valence-corrected chi connectivity index (χ0v) is 17.1. The fourth-order valence-corrected chi connectivity index (χ4v) is 4.03. The molecule has 0 unspecified atom stereocenters. The molecule has 1 amide bonds. The van der Waals surface area contributed by atoms with Crippen molar-refractivity contribution < 1.29 is 9.53 Å². The van der Waals surface area contributed by atoms with E-state index in [-0.39, 0.29) is 5.91 Å². The van der Waals surface area contributed by atoms with Gasteiger partial charge in [-0.15, -0.1) is 10.2 Å². The lowest BCUT2D eigenvalue weighted by Crippen LogP contribution is -2.25. The van der Waals surface area contributed by atoms with E-state index in [4.69, 9.17) is 4.74 Å². The Morgan fingerprint density at radius 2 is 2.00 bits per heavy atom. The van der Waals surface area contributed by atoms with E-state index in [0.29, 0.717) is 19.6 Å². The van der Waals surface area contributed by atoms with E-state index in [2.05, 4.69) is 15.2 Å². The molecule has 0 saturated carbocycles. The molecule has 4 rings (SSSR count). The van der Waals surface area contributed by atoms with Gasteiger partial charge in [0, 0.05) is 24.9 Å². The van der Waals surface area contributed by atoms with Gasteiger partial charge >= 0.3 is 0 Å². The Hall–Kier alpha value is -2.87. The molecule has 1 saturated heterocycles. The van der Waals surface area contributed by atoms with Crippen LogP contribution in [0.25, 0.3) is 5.82 Å². The van der Waals surface area contributed by atoms with Crippen LogP contribution in [0, 0.1) is 6.92 Å². The summed E-state index contributed by atoms with van der Waals surface area (Å²) in [7, 11) is 0. The predicted octanol–water partition coefficient (Wildman–Crippen LogP) is 3.26. The van der Waals surface area contributed by atoms with Crippen molar-refractivity contribution in [1.29, 1.82) is 0 Å². The standard InChI is InChI=1S/C21H23N5O2S/c1-16-7-2-3-8-17(16)28-13-14-29-21-24-23-19(15-25-12-6-10-20(25)27)26(21)18-9-4-5-11-22-18/h2-5,7-9,11H,6,10,12-15H2,1H3. The number of aryl methyl sites for hydroxylation is 1. The largest absolute Gasteiger partial charge is 0.492 e. The summed E-state index contributed by atoms with van der Waals surface area (Å²) in [5.41, 5.74) is 1.12. The van der Waals surface area contributed by atoms with E-state index >= 15 is 0 Å². The minimum atomic E-state index is 0.168. The van der Waals surface area contributed by atoms with Crippen LogP contribution < -0.4 is 4.74 Å². The van der Waals surface area contributed by atoms with E-state index in [1.807, 2.05) is 58.9 Å². The molecular weight excluding hydrogens is 386 g/mol. The van der Waals surface area contributed by atoms with Gasteiger partial charge in [0.05, 0.1) is 13.2 Å². The van der Waals surface area contributed by atoms with Crippen molar-refractivity contribution >= 4 is 17.7 Å². The van der Waals surface area contributed by atoms with Crippen LogP contribution in [0.2, 0.25) is 0 Å². The van der Waals surface area contributed by atoms with Crippen LogP contribution >= 0.6 is 11.8 Å². The van der Waals surface area contributed by atoms with Crippen LogP contribution in [-0.2, 0) is 11.3 Å². The number of benzene rings is 1. The average molecular weight is 410 g/mol. The molecule has 29 heavy (non-hydrogen) atoms. The van der Waals surface area contributed by atoms with E-state index in [9.17, 15) is 4.79 Å². The third-order valence-electron chi connectivity index (χ3n) is 4.75. The molecule has 0 atom stereocenters. The second-order valence-corrected chi connectivity index (χ2v) is 7.87. The first-order chi connectivity index (χ1) is 14.2. The zero-order chi connectivity index (χ0) is 20.1. The Bertz CT molecular complexity index is 976.